The molecule has 0 aliphatic carbocycles. The van der Waals surface area contributed by atoms with Crippen LogP contribution in [0.2, 0.25) is 10.0 Å². The molecular weight excluding hydrogens is 448 g/mol. The molecule has 0 fully saturated rings. The molecule has 0 spiro atoms. The van der Waals surface area contributed by atoms with Crippen LogP contribution >= 0.6 is 34.5 Å². The van der Waals surface area contributed by atoms with Gasteiger partial charge in [0.25, 0.3) is 0 Å². The van der Waals surface area contributed by atoms with Crippen molar-refractivity contribution in [2.45, 2.75) is 6.92 Å². The number of ether oxygens (including phenoxy) is 1. The van der Waals surface area contributed by atoms with Gasteiger partial charge in [0.2, 0.25) is 5.91 Å². The Balaban J connectivity index is 1.90. The van der Waals surface area contributed by atoms with Crippen molar-refractivity contribution >= 4 is 57.5 Å². The molecule has 3 aromatic rings. The molecule has 154 valence electrons. The van der Waals surface area contributed by atoms with Crippen molar-refractivity contribution in [1.29, 1.82) is 0 Å². The van der Waals surface area contributed by atoms with E-state index in [2.05, 4.69) is 5.32 Å². The molecule has 0 aliphatic rings. The first-order valence-corrected chi connectivity index (χ1v) is 10.5. The maximum absolute atomic E-state index is 13.3. The zero-order valence-electron chi connectivity index (χ0n) is 15.7. The van der Waals surface area contributed by atoms with Crippen molar-refractivity contribution in [2.75, 3.05) is 11.9 Å². The van der Waals surface area contributed by atoms with E-state index in [-0.39, 0.29) is 18.0 Å². The monoisotopic (exact) mass is 463 g/mol. The molecule has 0 saturated carbocycles. The number of thiophene rings is 1. The number of amides is 1. The van der Waals surface area contributed by atoms with Crippen LogP contribution in [0, 0.1) is 5.82 Å². The van der Waals surface area contributed by atoms with E-state index >= 15 is 0 Å². The summed E-state index contributed by atoms with van der Waals surface area (Å²) in [6.07, 6.45) is 2.78. The lowest BCUT2D eigenvalue weighted by Crippen LogP contribution is -2.12. The zero-order chi connectivity index (χ0) is 21.7. The van der Waals surface area contributed by atoms with E-state index in [1.54, 1.807) is 42.6 Å². The summed E-state index contributed by atoms with van der Waals surface area (Å²) in [6, 6.07) is 10.8. The highest BCUT2D eigenvalue weighted by Gasteiger charge is 2.22. The van der Waals surface area contributed by atoms with E-state index < -0.39 is 11.9 Å². The Hall–Kier alpha value is -2.67. The van der Waals surface area contributed by atoms with Gasteiger partial charge in [0.1, 0.15) is 16.4 Å². The van der Waals surface area contributed by atoms with Gasteiger partial charge in [0.15, 0.2) is 0 Å². The summed E-state index contributed by atoms with van der Waals surface area (Å²) in [6.45, 7) is 1.87. The lowest BCUT2D eigenvalue weighted by molar-refractivity contribution is -0.111. The maximum Gasteiger partial charge on any atom is 0.341 e. The van der Waals surface area contributed by atoms with Gasteiger partial charge in [-0.25, -0.2) is 9.18 Å². The fourth-order valence-corrected chi connectivity index (χ4v) is 4.16. The van der Waals surface area contributed by atoms with Gasteiger partial charge in [-0.05, 0) is 42.8 Å². The second-order valence-electron chi connectivity index (χ2n) is 6.04. The highest BCUT2D eigenvalue weighted by molar-refractivity contribution is 7.15. The molecule has 0 saturated heterocycles. The van der Waals surface area contributed by atoms with Gasteiger partial charge >= 0.3 is 5.97 Å². The summed E-state index contributed by atoms with van der Waals surface area (Å²) >= 11 is 13.4. The van der Waals surface area contributed by atoms with Crippen molar-refractivity contribution in [2.24, 2.45) is 0 Å². The van der Waals surface area contributed by atoms with Crippen molar-refractivity contribution in [3.8, 4) is 11.1 Å². The Morgan fingerprint density at radius 3 is 2.43 bits per heavy atom. The molecule has 3 rings (SSSR count). The van der Waals surface area contributed by atoms with E-state index in [0.29, 0.717) is 31.7 Å². The van der Waals surface area contributed by atoms with Gasteiger partial charge in [-0.2, -0.15) is 0 Å². The summed E-state index contributed by atoms with van der Waals surface area (Å²) in [5, 5.41) is 5.55. The lowest BCUT2D eigenvalue weighted by Gasteiger charge is -2.08. The Morgan fingerprint density at radius 2 is 1.80 bits per heavy atom. The molecular formula is C22H16Cl2FNO3S. The third-order valence-corrected chi connectivity index (χ3v) is 5.62. The minimum atomic E-state index is -0.577. The fraction of sp³-hybridized carbons (Fsp3) is 0.0909. The molecule has 1 aromatic heterocycles. The predicted octanol–water partition coefficient (Wildman–Crippen LogP) is 6.69. The Morgan fingerprint density at radius 1 is 1.13 bits per heavy atom. The number of hydrogen-bond donors (Lipinski definition) is 1. The molecule has 0 aliphatic heterocycles. The fourth-order valence-electron chi connectivity index (χ4n) is 2.68. The van der Waals surface area contributed by atoms with E-state index in [1.165, 1.54) is 35.6 Å². The summed E-state index contributed by atoms with van der Waals surface area (Å²) in [5.74, 6) is -1.43. The van der Waals surface area contributed by atoms with E-state index in [0.717, 1.165) is 0 Å². The van der Waals surface area contributed by atoms with Crippen molar-refractivity contribution in [1.82, 2.24) is 0 Å². The third kappa shape index (κ3) is 5.08. The number of nitrogens with one attached hydrogen (secondary N) is 1. The zero-order valence-corrected chi connectivity index (χ0v) is 18.1. The van der Waals surface area contributed by atoms with Crippen LogP contribution in [0.1, 0.15) is 22.8 Å². The first-order valence-electron chi connectivity index (χ1n) is 8.88. The van der Waals surface area contributed by atoms with Crippen LogP contribution in [-0.2, 0) is 9.53 Å². The molecule has 0 unspecified atom stereocenters. The van der Waals surface area contributed by atoms with E-state index in [9.17, 15) is 14.0 Å². The predicted molar refractivity (Wildman–Crippen MR) is 120 cm³/mol. The number of anilines is 1. The van der Waals surface area contributed by atoms with Gasteiger partial charge in [0.05, 0.1) is 6.61 Å². The van der Waals surface area contributed by atoms with Crippen LogP contribution in [0.5, 0.6) is 0 Å². The van der Waals surface area contributed by atoms with Crippen LogP contribution in [0.15, 0.2) is 53.9 Å². The normalized spacial score (nSPS) is 10.9. The van der Waals surface area contributed by atoms with Crippen LogP contribution in [0.4, 0.5) is 9.39 Å². The Labute approximate surface area is 186 Å². The number of carbonyl (C=O) groups excluding carboxylic acids is 2. The van der Waals surface area contributed by atoms with Gasteiger partial charge in [-0.15, -0.1) is 11.3 Å². The molecule has 8 heteroatoms. The first kappa shape index (κ1) is 22.0. The smallest absolute Gasteiger partial charge is 0.341 e. The number of hydrogen-bond acceptors (Lipinski definition) is 4. The van der Waals surface area contributed by atoms with Gasteiger partial charge in [0, 0.05) is 32.6 Å². The second kappa shape index (κ2) is 9.89. The van der Waals surface area contributed by atoms with Crippen LogP contribution in [-0.4, -0.2) is 18.5 Å². The number of rotatable bonds is 6. The molecule has 1 amide bonds. The number of halogens is 3. The van der Waals surface area contributed by atoms with Crippen molar-refractivity contribution < 1.29 is 18.7 Å². The minimum Gasteiger partial charge on any atom is -0.462 e. The molecule has 1 heterocycles. The summed E-state index contributed by atoms with van der Waals surface area (Å²) < 4.78 is 18.4. The van der Waals surface area contributed by atoms with Gasteiger partial charge in [-0.3, -0.25) is 4.79 Å². The van der Waals surface area contributed by atoms with E-state index in [1.807, 2.05) is 0 Å². The molecule has 30 heavy (non-hydrogen) atoms. The summed E-state index contributed by atoms with van der Waals surface area (Å²) in [4.78, 5) is 25.0. The SMILES string of the molecule is CCOC(=O)c1c(-c2ccc(F)cc2)csc1NC(=O)C=Cc1c(Cl)cccc1Cl. The van der Waals surface area contributed by atoms with Crippen molar-refractivity contribution in [3.63, 3.8) is 0 Å². The molecule has 0 bridgehead atoms. The second-order valence-corrected chi connectivity index (χ2v) is 7.73. The number of esters is 1. The van der Waals surface area contributed by atoms with Crippen LogP contribution < -0.4 is 5.32 Å². The maximum atomic E-state index is 13.3. The molecule has 2 aromatic carbocycles. The average molecular weight is 464 g/mol. The largest absolute Gasteiger partial charge is 0.462 e. The highest BCUT2D eigenvalue weighted by Crippen LogP contribution is 2.36. The molecule has 4 nitrogen and oxygen atoms in total. The lowest BCUT2D eigenvalue weighted by atomic mass is 10.0. The van der Waals surface area contributed by atoms with Crippen LogP contribution in [0.3, 0.4) is 0 Å². The minimum absolute atomic E-state index is 0.176. The topological polar surface area (TPSA) is 55.4 Å². The van der Waals surface area contributed by atoms with Gasteiger partial charge < -0.3 is 10.1 Å². The quantitative estimate of drug-likeness (QED) is 0.327. The van der Waals surface area contributed by atoms with E-state index in [4.69, 9.17) is 27.9 Å². The summed E-state index contributed by atoms with van der Waals surface area (Å²) in [7, 11) is 0. The highest BCUT2D eigenvalue weighted by atomic mass is 35.5. The number of benzene rings is 2. The van der Waals surface area contributed by atoms with Crippen molar-refractivity contribution in [3.05, 3.63) is 80.9 Å². The van der Waals surface area contributed by atoms with Gasteiger partial charge in [-0.1, -0.05) is 41.4 Å². The molecule has 0 atom stereocenters. The standard InChI is InChI=1S/C22H16Cl2FNO3S/c1-2-29-22(28)20-16(13-6-8-14(25)9-7-13)12-30-21(20)26-19(27)11-10-15-17(23)4-3-5-18(15)24/h3-12H,2H2,1H3,(H,26,27). The Kier molecular flexibility index (Phi) is 7.26. The average Bonchev–Trinajstić information content (AvgIpc) is 3.12. The first-order chi connectivity index (χ1) is 14.4. The van der Waals surface area contributed by atoms with Crippen LogP contribution in [0.25, 0.3) is 17.2 Å². The summed E-state index contributed by atoms with van der Waals surface area (Å²) in [5.41, 5.74) is 1.91. The number of carbonyl (C=O) groups is 2. The Bertz CT molecular complexity index is 1090. The third-order valence-electron chi connectivity index (χ3n) is 4.06. The molecule has 1 N–H and O–H groups in total. The molecule has 0 radical (unpaired) electrons.